The number of ether oxygens (including phenoxy) is 1. The fourth-order valence-corrected chi connectivity index (χ4v) is 3.69. The second-order valence-corrected chi connectivity index (χ2v) is 7.99. The van der Waals surface area contributed by atoms with Crippen LogP contribution in [0.15, 0.2) is 72.9 Å². The predicted octanol–water partition coefficient (Wildman–Crippen LogP) is 4.74. The van der Waals surface area contributed by atoms with Crippen LogP contribution >= 0.6 is 0 Å². The van der Waals surface area contributed by atoms with Gasteiger partial charge in [0, 0.05) is 38.1 Å². The molecule has 1 atom stereocenters. The molecule has 154 valence electrons. The number of aromatic nitrogens is 1. The fraction of sp³-hybridized carbons (Fsp3) is 0.360. The highest BCUT2D eigenvalue weighted by Gasteiger charge is 2.16. The molecule has 2 aromatic carbocycles. The molecule has 1 N–H and O–H groups in total. The van der Waals surface area contributed by atoms with Gasteiger partial charge in [-0.15, -0.1) is 0 Å². The van der Waals surface area contributed by atoms with Crippen molar-refractivity contribution in [2.75, 3.05) is 20.2 Å². The Balaban J connectivity index is 1.72. The summed E-state index contributed by atoms with van der Waals surface area (Å²) < 4.78 is 7.63. The summed E-state index contributed by atoms with van der Waals surface area (Å²) in [5.41, 5.74) is 3.42. The molecule has 0 saturated heterocycles. The summed E-state index contributed by atoms with van der Waals surface area (Å²) in [6, 6.07) is 22.4. The first-order valence-electron chi connectivity index (χ1n) is 10.3. The van der Waals surface area contributed by atoms with Gasteiger partial charge in [-0.1, -0.05) is 56.3 Å². The minimum atomic E-state index is -0.489. The van der Waals surface area contributed by atoms with E-state index in [4.69, 9.17) is 4.74 Å². The average Bonchev–Trinajstić information content (AvgIpc) is 3.14. The van der Waals surface area contributed by atoms with E-state index in [1.807, 2.05) is 42.5 Å². The van der Waals surface area contributed by atoms with Crippen molar-refractivity contribution in [2.24, 2.45) is 5.92 Å². The van der Waals surface area contributed by atoms with E-state index in [-0.39, 0.29) is 0 Å². The molecule has 1 unspecified atom stereocenters. The third-order valence-electron chi connectivity index (χ3n) is 5.04. The molecule has 1 aromatic heterocycles. The van der Waals surface area contributed by atoms with Crippen molar-refractivity contribution >= 4 is 0 Å². The van der Waals surface area contributed by atoms with Crippen LogP contribution in [0.3, 0.4) is 0 Å². The van der Waals surface area contributed by atoms with Crippen molar-refractivity contribution in [3.63, 3.8) is 0 Å². The first-order valence-corrected chi connectivity index (χ1v) is 10.3. The smallest absolute Gasteiger partial charge is 0.119 e. The summed E-state index contributed by atoms with van der Waals surface area (Å²) in [7, 11) is 1.70. The number of nitrogens with zero attached hydrogens (tertiary/aromatic N) is 2. The standard InChI is InChI=1S/C25H32N2O2/c1-20(2)16-26(19-25(28)22-10-5-4-6-11-22)18-23-12-8-14-27(23)17-21-9-7-13-24(15-21)29-3/h4-15,20,25,28H,16-19H2,1-3H3. The van der Waals surface area contributed by atoms with Gasteiger partial charge in [0.05, 0.1) is 13.2 Å². The highest BCUT2D eigenvalue weighted by molar-refractivity contribution is 5.29. The minimum absolute atomic E-state index is 0.489. The molecule has 0 radical (unpaired) electrons. The van der Waals surface area contributed by atoms with Crippen LogP contribution in [0.1, 0.15) is 36.8 Å². The summed E-state index contributed by atoms with van der Waals surface area (Å²) in [5, 5.41) is 10.7. The van der Waals surface area contributed by atoms with E-state index in [2.05, 4.69) is 53.8 Å². The van der Waals surface area contributed by atoms with Crippen LogP contribution < -0.4 is 4.74 Å². The first-order chi connectivity index (χ1) is 14.0. The zero-order valence-corrected chi connectivity index (χ0v) is 17.7. The Morgan fingerprint density at radius 3 is 2.48 bits per heavy atom. The van der Waals surface area contributed by atoms with Crippen molar-refractivity contribution in [1.82, 2.24) is 9.47 Å². The van der Waals surface area contributed by atoms with Crippen LogP contribution in [-0.2, 0) is 13.1 Å². The molecule has 1 heterocycles. The number of aliphatic hydroxyl groups is 1. The van der Waals surface area contributed by atoms with Crippen molar-refractivity contribution in [2.45, 2.75) is 33.0 Å². The third kappa shape index (κ3) is 6.21. The minimum Gasteiger partial charge on any atom is -0.497 e. The van der Waals surface area contributed by atoms with Gasteiger partial charge >= 0.3 is 0 Å². The zero-order chi connectivity index (χ0) is 20.6. The zero-order valence-electron chi connectivity index (χ0n) is 17.7. The van der Waals surface area contributed by atoms with Crippen molar-refractivity contribution in [3.05, 3.63) is 89.7 Å². The molecule has 0 aliphatic heterocycles. The Morgan fingerprint density at radius 2 is 1.76 bits per heavy atom. The molecule has 0 bridgehead atoms. The number of hydrogen-bond donors (Lipinski definition) is 1. The van der Waals surface area contributed by atoms with E-state index in [1.165, 1.54) is 11.3 Å². The Morgan fingerprint density at radius 1 is 0.966 bits per heavy atom. The van der Waals surface area contributed by atoms with Crippen molar-refractivity contribution < 1.29 is 9.84 Å². The topological polar surface area (TPSA) is 37.6 Å². The van der Waals surface area contributed by atoms with E-state index in [9.17, 15) is 5.11 Å². The summed E-state index contributed by atoms with van der Waals surface area (Å²) in [5.74, 6) is 1.41. The molecule has 3 aromatic rings. The number of rotatable bonds is 10. The second kappa shape index (κ2) is 10.3. The molecule has 29 heavy (non-hydrogen) atoms. The Hall–Kier alpha value is -2.56. The van der Waals surface area contributed by atoms with Crippen LogP contribution in [0.2, 0.25) is 0 Å². The molecular weight excluding hydrogens is 360 g/mol. The molecule has 0 spiro atoms. The lowest BCUT2D eigenvalue weighted by Gasteiger charge is -2.27. The van der Waals surface area contributed by atoms with Gasteiger partial charge in [-0.3, -0.25) is 4.90 Å². The van der Waals surface area contributed by atoms with Crippen LogP contribution in [0.25, 0.3) is 0 Å². The Kier molecular flexibility index (Phi) is 7.50. The van der Waals surface area contributed by atoms with Crippen molar-refractivity contribution in [1.29, 1.82) is 0 Å². The maximum Gasteiger partial charge on any atom is 0.119 e. The van der Waals surface area contributed by atoms with Gasteiger partial charge in [0.25, 0.3) is 0 Å². The van der Waals surface area contributed by atoms with Gasteiger partial charge in [0.15, 0.2) is 0 Å². The van der Waals surface area contributed by atoms with Crippen molar-refractivity contribution in [3.8, 4) is 5.75 Å². The van der Waals surface area contributed by atoms with Crippen LogP contribution in [0.5, 0.6) is 5.75 Å². The van der Waals surface area contributed by atoms with E-state index in [0.29, 0.717) is 12.5 Å². The molecule has 0 aliphatic rings. The summed E-state index contributed by atoms with van der Waals surface area (Å²) in [4.78, 5) is 2.35. The van der Waals surface area contributed by atoms with Crippen LogP contribution in [0.4, 0.5) is 0 Å². The fourth-order valence-electron chi connectivity index (χ4n) is 3.69. The molecule has 0 amide bonds. The molecule has 0 fully saturated rings. The summed E-state index contributed by atoms with van der Waals surface area (Å²) in [6.07, 6.45) is 1.63. The molecular formula is C25H32N2O2. The van der Waals surface area contributed by atoms with Crippen LogP contribution in [-0.4, -0.2) is 34.8 Å². The lowest BCUT2D eigenvalue weighted by atomic mass is 10.1. The van der Waals surface area contributed by atoms with E-state index in [0.717, 1.165) is 30.9 Å². The molecule has 0 aliphatic carbocycles. The molecule has 3 rings (SSSR count). The van der Waals surface area contributed by atoms with E-state index < -0.39 is 6.10 Å². The summed E-state index contributed by atoms with van der Waals surface area (Å²) in [6.45, 7) is 7.60. The third-order valence-corrected chi connectivity index (χ3v) is 5.04. The number of methoxy groups -OCH3 is 1. The highest BCUT2D eigenvalue weighted by atomic mass is 16.5. The van der Waals surface area contributed by atoms with Gasteiger partial charge in [-0.25, -0.2) is 0 Å². The van der Waals surface area contributed by atoms with Gasteiger partial charge in [-0.2, -0.15) is 0 Å². The number of hydrogen-bond acceptors (Lipinski definition) is 3. The quantitative estimate of drug-likeness (QED) is 0.542. The Labute approximate surface area is 174 Å². The van der Waals surface area contributed by atoms with Gasteiger partial charge in [0.2, 0.25) is 0 Å². The maximum absolute atomic E-state index is 10.7. The summed E-state index contributed by atoms with van der Waals surface area (Å²) >= 11 is 0. The number of aliphatic hydroxyl groups excluding tert-OH is 1. The maximum atomic E-state index is 10.7. The SMILES string of the molecule is COc1cccc(Cn2cccc2CN(CC(C)C)CC(O)c2ccccc2)c1. The molecule has 4 nitrogen and oxygen atoms in total. The van der Waals surface area contributed by atoms with Crippen LogP contribution in [0, 0.1) is 5.92 Å². The molecule has 4 heteroatoms. The largest absolute Gasteiger partial charge is 0.497 e. The molecule has 0 saturated carbocycles. The van der Waals surface area contributed by atoms with Gasteiger partial charge in [0.1, 0.15) is 5.75 Å². The lowest BCUT2D eigenvalue weighted by molar-refractivity contribution is 0.100. The second-order valence-electron chi connectivity index (χ2n) is 7.99. The van der Waals surface area contributed by atoms with Gasteiger partial charge in [-0.05, 0) is 41.3 Å². The monoisotopic (exact) mass is 392 g/mol. The highest BCUT2D eigenvalue weighted by Crippen LogP contribution is 2.19. The van der Waals surface area contributed by atoms with E-state index in [1.54, 1.807) is 7.11 Å². The normalized spacial score (nSPS) is 12.5. The van der Waals surface area contributed by atoms with Gasteiger partial charge < -0.3 is 14.4 Å². The number of benzene rings is 2. The predicted molar refractivity (Wildman–Crippen MR) is 118 cm³/mol. The average molecular weight is 393 g/mol. The first kappa shape index (κ1) is 21.2. The lowest BCUT2D eigenvalue weighted by Crippen LogP contribution is -2.32. The Bertz CT molecular complexity index is 873. The van der Waals surface area contributed by atoms with E-state index >= 15 is 0 Å².